The summed E-state index contributed by atoms with van der Waals surface area (Å²) < 4.78 is 1.76. The van der Waals surface area contributed by atoms with Crippen LogP contribution in [0.3, 0.4) is 0 Å². The molecule has 13 heavy (non-hydrogen) atoms. The van der Waals surface area contributed by atoms with Crippen molar-refractivity contribution in [3.05, 3.63) is 34.7 Å². The number of hydrogen-bond donors (Lipinski definition) is 1. The highest BCUT2D eigenvalue weighted by Crippen LogP contribution is 1.97. The van der Waals surface area contributed by atoms with Crippen molar-refractivity contribution in [2.75, 3.05) is 0 Å². The molecule has 4 nitrogen and oxygen atoms in total. The summed E-state index contributed by atoms with van der Waals surface area (Å²) in [6.07, 6.45) is 3.28. The number of nitrogens with zero attached hydrogens (tertiary/aromatic N) is 1. The molecule has 1 aromatic heterocycles. The van der Waals surface area contributed by atoms with Crippen LogP contribution in [0.4, 0.5) is 0 Å². The number of amides is 1. The van der Waals surface area contributed by atoms with Gasteiger partial charge in [0, 0.05) is 31.1 Å². The van der Waals surface area contributed by atoms with E-state index in [1.165, 1.54) is 12.1 Å². The number of carbonyl (C=O) groups excluding carboxylic acids is 1. The number of primary amides is 1. The number of rotatable bonds is 3. The van der Waals surface area contributed by atoms with E-state index < -0.39 is 0 Å². The summed E-state index contributed by atoms with van der Waals surface area (Å²) in [5.41, 5.74) is 5.06. The first kappa shape index (κ1) is 9.51. The van der Waals surface area contributed by atoms with Crippen LogP contribution in [-0.4, -0.2) is 10.5 Å². The largest absolute Gasteiger partial charge is 0.369 e. The van der Waals surface area contributed by atoms with Crippen molar-refractivity contribution in [1.29, 1.82) is 0 Å². The molecule has 0 aliphatic heterocycles. The zero-order valence-corrected chi connectivity index (χ0v) is 7.43. The summed E-state index contributed by atoms with van der Waals surface area (Å²) in [6, 6.07) is 2.90. The summed E-state index contributed by atoms with van der Waals surface area (Å²) in [5.74, 6) is -0.554. The van der Waals surface area contributed by atoms with Crippen LogP contribution in [0.25, 0.3) is 0 Å². The van der Waals surface area contributed by atoms with Gasteiger partial charge >= 0.3 is 0 Å². The molecular weight excluding hydrogens is 168 g/mol. The molecule has 0 aromatic carbocycles. The van der Waals surface area contributed by atoms with E-state index >= 15 is 0 Å². The van der Waals surface area contributed by atoms with Gasteiger partial charge in [-0.1, -0.05) is 6.92 Å². The second-order valence-corrected chi connectivity index (χ2v) is 3.03. The Balaban J connectivity index is 2.70. The number of nitrogens with two attached hydrogens (primary N) is 1. The third-order valence-corrected chi connectivity index (χ3v) is 1.83. The molecule has 0 fully saturated rings. The lowest BCUT2D eigenvalue weighted by molar-refractivity contribution is -0.121. The van der Waals surface area contributed by atoms with Gasteiger partial charge in [-0.3, -0.25) is 9.59 Å². The monoisotopic (exact) mass is 180 g/mol. The first-order valence-corrected chi connectivity index (χ1v) is 4.05. The number of hydrogen-bond acceptors (Lipinski definition) is 2. The van der Waals surface area contributed by atoms with Gasteiger partial charge < -0.3 is 10.3 Å². The second-order valence-electron chi connectivity index (χ2n) is 3.03. The van der Waals surface area contributed by atoms with Gasteiger partial charge in [-0.05, 0) is 0 Å². The van der Waals surface area contributed by atoms with Crippen LogP contribution in [0.2, 0.25) is 0 Å². The van der Waals surface area contributed by atoms with E-state index in [1.54, 1.807) is 23.9 Å². The maximum Gasteiger partial charge on any atom is 0.222 e. The maximum atomic E-state index is 10.7. The smallest absolute Gasteiger partial charge is 0.222 e. The van der Waals surface area contributed by atoms with Gasteiger partial charge in [-0.2, -0.15) is 0 Å². The number of pyridine rings is 1. The van der Waals surface area contributed by atoms with Crippen molar-refractivity contribution in [3.8, 4) is 0 Å². The fraction of sp³-hybridized carbons (Fsp3) is 0.333. The average Bonchev–Trinajstić information content (AvgIpc) is 2.08. The fourth-order valence-electron chi connectivity index (χ4n) is 0.972. The molecule has 0 spiro atoms. The SMILES string of the molecule is CC(Cn1ccc(=O)cc1)C(N)=O. The van der Waals surface area contributed by atoms with E-state index in [0.29, 0.717) is 6.54 Å². The van der Waals surface area contributed by atoms with E-state index in [-0.39, 0.29) is 17.3 Å². The van der Waals surface area contributed by atoms with Gasteiger partial charge in [0.2, 0.25) is 5.91 Å². The molecule has 0 saturated heterocycles. The van der Waals surface area contributed by atoms with Gasteiger partial charge in [-0.15, -0.1) is 0 Å². The third kappa shape index (κ3) is 2.74. The summed E-state index contributed by atoms with van der Waals surface area (Å²) in [7, 11) is 0. The molecular formula is C9H12N2O2. The van der Waals surface area contributed by atoms with Crippen molar-refractivity contribution < 1.29 is 4.79 Å². The average molecular weight is 180 g/mol. The molecule has 0 aliphatic carbocycles. The summed E-state index contributed by atoms with van der Waals surface area (Å²) in [4.78, 5) is 21.5. The Morgan fingerprint density at radius 2 is 2.08 bits per heavy atom. The Morgan fingerprint density at radius 3 is 2.54 bits per heavy atom. The zero-order valence-electron chi connectivity index (χ0n) is 7.43. The molecule has 1 atom stereocenters. The van der Waals surface area contributed by atoms with Crippen LogP contribution in [0.15, 0.2) is 29.3 Å². The molecule has 2 N–H and O–H groups in total. The molecule has 1 unspecified atom stereocenters. The predicted octanol–water partition coefficient (Wildman–Crippen LogP) is -0.0303. The summed E-state index contributed by atoms with van der Waals surface area (Å²) >= 11 is 0. The Bertz CT molecular complexity index is 336. The van der Waals surface area contributed by atoms with E-state index in [9.17, 15) is 9.59 Å². The van der Waals surface area contributed by atoms with Crippen LogP contribution >= 0.6 is 0 Å². The quantitative estimate of drug-likeness (QED) is 0.709. The molecule has 70 valence electrons. The number of aromatic nitrogens is 1. The predicted molar refractivity (Wildman–Crippen MR) is 49.1 cm³/mol. The first-order valence-electron chi connectivity index (χ1n) is 4.05. The van der Waals surface area contributed by atoms with Crippen LogP contribution in [0.5, 0.6) is 0 Å². The molecule has 1 amide bonds. The molecule has 0 saturated carbocycles. The van der Waals surface area contributed by atoms with Crippen LogP contribution in [-0.2, 0) is 11.3 Å². The van der Waals surface area contributed by atoms with E-state index in [2.05, 4.69) is 0 Å². The topological polar surface area (TPSA) is 65.1 Å². The summed E-state index contributed by atoms with van der Waals surface area (Å²) in [5, 5.41) is 0. The van der Waals surface area contributed by atoms with Crippen molar-refractivity contribution in [3.63, 3.8) is 0 Å². The fourth-order valence-corrected chi connectivity index (χ4v) is 0.972. The Hall–Kier alpha value is -1.58. The highest BCUT2D eigenvalue weighted by molar-refractivity contribution is 5.76. The molecule has 0 radical (unpaired) electrons. The number of carbonyl (C=O) groups is 1. The standard InChI is InChI=1S/C9H12N2O2/c1-7(9(10)13)6-11-4-2-8(12)3-5-11/h2-5,7H,6H2,1H3,(H2,10,13). The minimum Gasteiger partial charge on any atom is -0.369 e. The van der Waals surface area contributed by atoms with Gasteiger partial charge in [0.25, 0.3) is 0 Å². The van der Waals surface area contributed by atoms with Gasteiger partial charge in [-0.25, -0.2) is 0 Å². The Kier molecular flexibility index (Phi) is 2.84. The van der Waals surface area contributed by atoms with Crippen molar-refractivity contribution in [2.45, 2.75) is 13.5 Å². The lowest BCUT2D eigenvalue weighted by Gasteiger charge is -2.09. The minimum absolute atomic E-state index is 0.0389. The van der Waals surface area contributed by atoms with Crippen molar-refractivity contribution >= 4 is 5.91 Å². The van der Waals surface area contributed by atoms with Crippen molar-refractivity contribution in [1.82, 2.24) is 4.57 Å². The molecule has 0 aliphatic rings. The van der Waals surface area contributed by atoms with E-state index in [1.807, 2.05) is 0 Å². The van der Waals surface area contributed by atoms with Crippen LogP contribution in [0, 0.1) is 5.92 Å². The molecule has 1 aromatic rings. The van der Waals surface area contributed by atoms with Crippen LogP contribution < -0.4 is 11.2 Å². The minimum atomic E-state index is -0.335. The third-order valence-electron chi connectivity index (χ3n) is 1.83. The Morgan fingerprint density at radius 1 is 1.54 bits per heavy atom. The van der Waals surface area contributed by atoms with Gasteiger partial charge in [0.05, 0.1) is 5.92 Å². The normalized spacial score (nSPS) is 12.4. The zero-order chi connectivity index (χ0) is 9.84. The molecule has 4 heteroatoms. The second kappa shape index (κ2) is 3.89. The highest BCUT2D eigenvalue weighted by Gasteiger charge is 2.07. The van der Waals surface area contributed by atoms with E-state index in [0.717, 1.165) is 0 Å². The maximum absolute atomic E-state index is 10.7. The van der Waals surface area contributed by atoms with E-state index in [4.69, 9.17) is 5.73 Å². The highest BCUT2D eigenvalue weighted by atomic mass is 16.1. The van der Waals surface area contributed by atoms with Gasteiger partial charge in [0.15, 0.2) is 5.43 Å². The lowest BCUT2D eigenvalue weighted by Crippen LogP contribution is -2.24. The van der Waals surface area contributed by atoms with Crippen LogP contribution in [0.1, 0.15) is 6.92 Å². The molecule has 1 rings (SSSR count). The molecule has 0 bridgehead atoms. The van der Waals surface area contributed by atoms with Crippen molar-refractivity contribution in [2.24, 2.45) is 11.7 Å². The summed E-state index contributed by atoms with van der Waals surface area (Å²) in [6.45, 7) is 2.26. The Labute approximate surface area is 76.0 Å². The lowest BCUT2D eigenvalue weighted by atomic mass is 10.2. The first-order chi connectivity index (χ1) is 6.09. The van der Waals surface area contributed by atoms with Gasteiger partial charge in [0.1, 0.15) is 0 Å². The molecule has 1 heterocycles.